The van der Waals surface area contributed by atoms with Crippen LogP contribution in [0.4, 0.5) is 18.9 Å². The third-order valence-corrected chi connectivity index (χ3v) is 3.91. The molecule has 110 valence electrons. The highest BCUT2D eigenvalue weighted by molar-refractivity contribution is 9.10. The Morgan fingerprint density at radius 1 is 1.40 bits per heavy atom. The molecule has 1 unspecified atom stereocenters. The molecule has 20 heavy (non-hydrogen) atoms. The number of rotatable bonds is 2. The topological polar surface area (TPSA) is 40.5 Å². The van der Waals surface area contributed by atoms with Gasteiger partial charge in [0.15, 0.2) is 0 Å². The summed E-state index contributed by atoms with van der Waals surface area (Å²) in [5.41, 5.74) is 0.358. The highest BCUT2D eigenvalue weighted by Gasteiger charge is 2.42. The first-order chi connectivity index (χ1) is 9.29. The second-order valence-corrected chi connectivity index (χ2v) is 5.71. The minimum Gasteiger partial charge on any atom is -0.478 e. The molecule has 1 saturated heterocycles. The number of alkyl halides is 3. The molecular formula is C13H13BrF3NO2. The lowest BCUT2D eigenvalue weighted by Gasteiger charge is -2.35. The average Bonchev–Trinajstić information content (AvgIpc) is 2.37. The number of carboxylic acid groups (broad SMARTS) is 1. The summed E-state index contributed by atoms with van der Waals surface area (Å²) in [5, 5.41) is 9.18. The molecule has 1 aliphatic rings. The van der Waals surface area contributed by atoms with Gasteiger partial charge in [-0.1, -0.05) is 15.9 Å². The van der Waals surface area contributed by atoms with Crippen LogP contribution in [0.15, 0.2) is 22.7 Å². The summed E-state index contributed by atoms with van der Waals surface area (Å²) in [6, 6.07) is 4.60. The van der Waals surface area contributed by atoms with E-state index < -0.39 is 18.1 Å². The van der Waals surface area contributed by atoms with Crippen molar-refractivity contribution in [2.24, 2.45) is 5.92 Å². The Morgan fingerprint density at radius 3 is 2.70 bits per heavy atom. The molecule has 0 bridgehead atoms. The molecule has 0 radical (unpaired) electrons. The molecule has 1 fully saturated rings. The van der Waals surface area contributed by atoms with Crippen LogP contribution in [0.25, 0.3) is 0 Å². The van der Waals surface area contributed by atoms with Gasteiger partial charge in [0.05, 0.1) is 17.2 Å². The van der Waals surface area contributed by atoms with Gasteiger partial charge in [-0.05, 0) is 31.0 Å². The number of piperidine rings is 1. The lowest BCUT2D eigenvalue weighted by atomic mass is 9.96. The van der Waals surface area contributed by atoms with Crippen molar-refractivity contribution in [2.75, 3.05) is 18.0 Å². The quantitative estimate of drug-likeness (QED) is 0.877. The van der Waals surface area contributed by atoms with Gasteiger partial charge in [-0.25, -0.2) is 4.79 Å². The number of hydrogen-bond donors (Lipinski definition) is 1. The van der Waals surface area contributed by atoms with Crippen LogP contribution in [0.2, 0.25) is 0 Å². The Balaban J connectivity index is 2.29. The predicted octanol–water partition coefficient (Wildman–Crippen LogP) is 3.93. The van der Waals surface area contributed by atoms with Crippen molar-refractivity contribution in [1.82, 2.24) is 0 Å². The lowest BCUT2D eigenvalue weighted by molar-refractivity contribution is -0.175. The summed E-state index contributed by atoms with van der Waals surface area (Å²) in [4.78, 5) is 12.7. The number of carbonyl (C=O) groups is 1. The molecule has 0 saturated carbocycles. The van der Waals surface area contributed by atoms with E-state index in [1.54, 1.807) is 12.1 Å². The van der Waals surface area contributed by atoms with Crippen LogP contribution in [0.5, 0.6) is 0 Å². The number of halogens is 4. The fourth-order valence-corrected chi connectivity index (χ4v) is 2.78. The van der Waals surface area contributed by atoms with Crippen molar-refractivity contribution >= 4 is 27.6 Å². The standard InChI is InChI=1S/C13H13BrF3NO2/c14-9-3-4-11(10(6-9)12(19)20)18-5-1-2-8(7-18)13(15,16)17/h3-4,6,8H,1-2,5,7H2,(H,19,20). The van der Waals surface area contributed by atoms with Gasteiger partial charge in [0.25, 0.3) is 0 Å². The minimum atomic E-state index is -4.24. The van der Waals surface area contributed by atoms with Crippen LogP contribution in [-0.2, 0) is 0 Å². The van der Waals surface area contributed by atoms with Gasteiger partial charge in [0.2, 0.25) is 0 Å². The molecule has 1 N–H and O–H groups in total. The highest BCUT2D eigenvalue weighted by atomic mass is 79.9. The highest BCUT2D eigenvalue weighted by Crippen LogP contribution is 2.36. The van der Waals surface area contributed by atoms with Crippen LogP contribution in [0.1, 0.15) is 23.2 Å². The van der Waals surface area contributed by atoms with Crippen molar-refractivity contribution in [2.45, 2.75) is 19.0 Å². The maximum atomic E-state index is 12.8. The van der Waals surface area contributed by atoms with Gasteiger partial charge in [-0.2, -0.15) is 13.2 Å². The van der Waals surface area contributed by atoms with E-state index in [2.05, 4.69) is 15.9 Å². The molecule has 0 spiro atoms. The van der Waals surface area contributed by atoms with Crippen LogP contribution in [-0.4, -0.2) is 30.3 Å². The van der Waals surface area contributed by atoms with E-state index >= 15 is 0 Å². The zero-order valence-corrected chi connectivity index (χ0v) is 12.0. The number of aromatic carboxylic acids is 1. The number of hydrogen-bond acceptors (Lipinski definition) is 2. The van der Waals surface area contributed by atoms with E-state index in [4.69, 9.17) is 0 Å². The maximum Gasteiger partial charge on any atom is 0.393 e. The molecule has 0 aliphatic carbocycles. The van der Waals surface area contributed by atoms with Crippen LogP contribution in [0.3, 0.4) is 0 Å². The van der Waals surface area contributed by atoms with Crippen molar-refractivity contribution in [3.05, 3.63) is 28.2 Å². The third kappa shape index (κ3) is 3.26. The summed E-state index contributed by atoms with van der Waals surface area (Å²) in [6.45, 7) is 0.250. The van der Waals surface area contributed by atoms with E-state index in [1.165, 1.54) is 11.0 Å². The first kappa shape index (κ1) is 15.2. The van der Waals surface area contributed by atoms with Crippen molar-refractivity contribution in [1.29, 1.82) is 0 Å². The zero-order valence-electron chi connectivity index (χ0n) is 10.5. The fraction of sp³-hybridized carbons (Fsp3) is 0.462. The van der Waals surface area contributed by atoms with Gasteiger partial charge in [-0.15, -0.1) is 0 Å². The SMILES string of the molecule is O=C(O)c1cc(Br)ccc1N1CCCC(C(F)(F)F)C1. The van der Waals surface area contributed by atoms with E-state index in [9.17, 15) is 23.1 Å². The molecule has 7 heteroatoms. The first-order valence-corrected chi connectivity index (χ1v) is 6.93. The third-order valence-electron chi connectivity index (χ3n) is 3.41. The molecule has 1 aliphatic heterocycles. The number of anilines is 1. The minimum absolute atomic E-state index is 0.0159. The van der Waals surface area contributed by atoms with Gasteiger partial charge >= 0.3 is 12.1 Å². The second-order valence-electron chi connectivity index (χ2n) is 4.79. The predicted molar refractivity (Wildman–Crippen MR) is 72.1 cm³/mol. The number of benzene rings is 1. The number of carboxylic acids is 1. The van der Waals surface area contributed by atoms with Crippen LogP contribution in [0, 0.1) is 5.92 Å². The molecule has 0 aromatic heterocycles. The van der Waals surface area contributed by atoms with Gasteiger partial charge in [-0.3, -0.25) is 0 Å². The van der Waals surface area contributed by atoms with Crippen LogP contribution < -0.4 is 4.90 Å². The molecule has 3 nitrogen and oxygen atoms in total. The molecule has 1 heterocycles. The Labute approximate surface area is 122 Å². The second kappa shape index (κ2) is 5.63. The summed E-state index contributed by atoms with van der Waals surface area (Å²) < 4.78 is 39.0. The van der Waals surface area contributed by atoms with Crippen molar-refractivity contribution in [3.63, 3.8) is 0 Å². The van der Waals surface area contributed by atoms with Gasteiger partial charge in [0, 0.05) is 17.6 Å². The molecule has 2 rings (SSSR count). The van der Waals surface area contributed by atoms with Crippen molar-refractivity contribution < 1.29 is 23.1 Å². The molecule has 1 atom stereocenters. The number of nitrogens with zero attached hydrogens (tertiary/aromatic N) is 1. The van der Waals surface area contributed by atoms with Gasteiger partial charge in [0.1, 0.15) is 0 Å². The van der Waals surface area contributed by atoms with E-state index in [0.29, 0.717) is 23.1 Å². The van der Waals surface area contributed by atoms with E-state index in [1.807, 2.05) is 0 Å². The van der Waals surface area contributed by atoms with Crippen molar-refractivity contribution in [3.8, 4) is 0 Å². The fourth-order valence-electron chi connectivity index (χ4n) is 2.42. The summed E-state index contributed by atoms with van der Waals surface area (Å²) in [7, 11) is 0. The normalized spacial score (nSPS) is 20.0. The van der Waals surface area contributed by atoms with Crippen LogP contribution >= 0.6 is 15.9 Å². The Bertz CT molecular complexity index is 519. The molecule has 0 amide bonds. The molecule has 1 aromatic carbocycles. The summed E-state index contributed by atoms with van der Waals surface area (Å²) in [5.74, 6) is -2.54. The summed E-state index contributed by atoms with van der Waals surface area (Å²) >= 11 is 3.17. The average molecular weight is 352 g/mol. The maximum absolute atomic E-state index is 12.8. The van der Waals surface area contributed by atoms with E-state index in [-0.39, 0.29) is 18.5 Å². The largest absolute Gasteiger partial charge is 0.478 e. The van der Waals surface area contributed by atoms with Gasteiger partial charge < -0.3 is 10.0 Å². The van der Waals surface area contributed by atoms with E-state index in [0.717, 1.165) is 0 Å². The monoisotopic (exact) mass is 351 g/mol. The molecular weight excluding hydrogens is 339 g/mol. The smallest absolute Gasteiger partial charge is 0.393 e. The first-order valence-electron chi connectivity index (χ1n) is 6.13. The Hall–Kier alpha value is -1.24. The Morgan fingerprint density at radius 2 is 2.10 bits per heavy atom. The molecule has 1 aromatic rings. The lowest BCUT2D eigenvalue weighted by Crippen LogP contribution is -2.42. The zero-order chi connectivity index (χ0) is 14.9. The Kier molecular flexibility index (Phi) is 4.27. The summed E-state index contributed by atoms with van der Waals surface area (Å²) in [6.07, 6.45) is -3.74.